The number of fused-ring (bicyclic) bond motifs is 1. The van der Waals surface area contributed by atoms with Gasteiger partial charge in [-0.1, -0.05) is 24.6 Å². The monoisotopic (exact) mass is 488 g/mol. The molecule has 0 aliphatic carbocycles. The lowest BCUT2D eigenvalue weighted by Crippen LogP contribution is -2.45. The lowest BCUT2D eigenvalue weighted by atomic mass is 10.0. The van der Waals surface area contributed by atoms with E-state index in [1.165, 1.54) is 0 Å². The molecule has 0 spiro atoms. The van der Waals surface area contributed by atoms with Crippen molar-refractivity contribution >= 4 is 34.9 Å². The number of anilines is 2. The van der Waals surface area contributed by atoms with Crippen molar-refractivity contribution in [2.45, 2.75) is 26.0 Å². The predicted octanol–water partition coefficient (Wildman–Crippen LogP) is 4.42. The quantitative estimate of drug-likeness (QED) is 0.668. The van der Waals surface area contributed by atoms with Gasteiger partial charge in [-0.25, -0.2) is 4.79 Å². The Morgan fingerprint density at radius 2 is 1.79 bits per heavy atom. The first-order valence-corrected chi connectivity index (χ1v) is 11.6. The maximum absolute atomic E-state index is 13.4. The Morgan fingerprint density at radius 1 is 1.09 bits per heavy atom. The van der Waals surface area contributed by atoms with Crippen molar-refractivity contribution in [3.8, 4) is 5.75 Å². The maximum Gasteiger partial charge on any atom is 0.323 e. The van der Waals surface area contributed by atoms with Crippen LogP contribution in [-0.4, -0.2) is 74.8 Å². The van der Waals surface area contributed by atoms with Crippen molar-refractivity contribution in [2.24, 2.45) is 5.92 Å². The number of hydrogen-bond acceptors (Lipinski definition) is 5. The minimum atomic E-state index is -0.444. The third kappa shape index (κ3) is 6.62. The van der Waals surface area contributed by atoms with Crippen molar-refractivity contribution in [3.05, 3.63) is 53.1 Å². The largest absolute Gasteiger partial charge is 0.491 e. The molecule has 3 rings (SSSR count). The minimum absolute atomic E-state index is 0.114. The summed E-state index contributed by atoms with van der Waals surface area (Å²) in [6.45, 7) is 5.89. The number of carbonyl (C=O) groups excluding carboxylic acids is 2. The van der Waals surface area contributed by atoms with Gasteiger partial charge in [-0.3, -0.25) is 9.69 Å². The van der Waals surface area contributed by atoms with Crippen LogP contribution in [0.25, 0.3) is 0 Å². The van der Waals surface area contributed by atoms with Crippen LogP contribution in [0.5, 0.6) is 5.75 Å². The van der Waals surface area contributed by atoms with E-state index < -0.39 is 6.03 Å². The van der Waals surface area contributed by atoms with E-state index in [1.54, 1.807) is 61.5 Å². The van der Waals surface area contributed by atoms with Gasteiger partial charge in [0.2, 0.25) is 0 Å². The number of nitrogens with zero attached hydrogens (tertiary/aromatic N) is 2. The molecule has 9 heteroatoms. The zero-order valence-corrected chi connectivity index (χ0v) is 21.1. The highest BCUT2D eigenvalue weighted by molar-refractivity contribution is 6.30. The molecule has 0 unspecified atom stereocenters. The highest BCUT2D eigenvalue weighted by atomic mass is 35.5. The van der Waals surface area contributed by atoms with Crippen LogP contribution < -0.4 is 15.4 Å². The zero-order chi connectivity index (χ0) is 24.8. The smallest absolute Gasteiger partial charge is 0.323 e. The van der Waals surface area contributed by atoms with E-state index in [1.807, 2.05) is 0 Å². The number of benzene rings is 2. The zero-order valence-electron chi connectivity index (χ0n) is 20.3. The Labute approximate surface area is 206 Å². The fourth-order valence-corrected chi connectivity index (χ4v) is 4.09. The second kappa shape index (κ2) is 11.6. The third-order valence-electron chi connectivity index (χ3n) is 6.10. The van der Waals surface area contributed by atoms with E-state index in [-0.39, 0.29) is 24.0 Å². The Bertz CT molecular complexity index is 1020. The van der Waals surface area contributed by atoms with Crippen molar-refractivity contribution < 1.29 is 19.1 Å². The number of likely N-dealkylation sites (N-methyl/N-ethyl adjacent to an activating group) is 2. The summed E-state index contributed by atoms with van der Waals surface area (Å²) in [5.41, 5.74) is 1.41. The van der Waals surface area contributed by atoms with Gasteiger partial charge in [-0.05, 0) is 56.3 Å². The average Bonchev–Trinajstić information content (AvgIpc) is 2.79. The number of rotatable bonds is 3. The molecule has 184 valence electrons. The van der Waals surface area contributed by atoms with Crippen LogP contribution in [0.2, 0.25) is 5.02 Å². The summed E-state index contributed by atoms with van der Waals surface area (Å²) in [4.78, 5) is 29.7. The van der Waals surface area contributed by atoms with Gasteiger partial charge in [0, 0.05) is 49.7 Å². The van der Waals surface area contributed by atoms with E-state index in [2.05, 4.69) is 36.4 Å². The topological polar surface area (TPSA) is 83.1 Å². The summed E-state index contributed by atoms with van der Waals surface area (Å²) in [5, 5.41) is 6.03. The number of ether oxygens (including phenoxy) is 2. The van der Waals surface area contributed by atoms with Gasteiger partial charge < -0.3 is 25.0 Å². The van der Waals surface area contributed by atoms with E-state index >= 15 is 0 Å². The highest BCUT2D eigenvalue weighted by Crippen LogP contribution is 2.26. The molecule has 1 aliphatic rings. The molecule has 0 radical (unpaired) electrons. The van der Waals surface area contributed by atoms with Gasteiger partial charge >= 0.3 is 6.03 Å². The molecule has 3 amide bonds. The Balaban J connectivity index is 1.85. The molecule has 2 aromatic carbocycles. The van der Waals surface area contributed by atoms with Crippen molar-refractivity contribution in [3.63, 3.8) is 0 Å². The fraction of sp³-hybridized carbons (Fsp3) is 0.440. The van der Waals surface area contributed by atoms with Crippen LogP contribution in [0.4, 0.5) is 16.2 Å². The van der Waals surface area contributed by atoms with Gasteiger partial charge in [0.25, 0.3) is 5.91 Å². The second-order valence-electron chi connectivity index (χ2n) is 8.84. The van der Waals surface area contributed by atoms with E-state index in [0.29, 0.717) is 40.9 Å². The van der Waals surface area contributed by atoms with Crippen molar-refractivity contribution in [1.29, 1.82) is 0 Å². The Morgan fingerprint density at radius 3 is 2.47 bits per heavy atom. The summed E-state index contributed by atoms with van der Waals surface area (Å²) in [6.07, 6.45) is -0.114. The summed E-state index contributed by atoms with van der Waals surface area (Å²) in [5.74, 6) is 0.486. The molecule has 2 N–H and O–H groups in total. The van der Waals surface area contributed by atoms with Crippen LogP contribution in [0, 0.1) is 5.92 Å². The molecule has 1 aliphatic heterocycles. The molecule has 0 saturated heterocycles. The van der Waals surface area contributed by atoms with Crippen LogP contribution in [0.1, 0.15) is 24.2 Å². The molecule has 1 heterocycles. The van der Waals surface area contributed by atoms with Crippen LogP contribution in [0.15, 0.2) is 42.5 Å². The van der Waals surface area contributed by atoms with Gasteiger partial charge in [0.05, 0.1) is 11.7 Å². The minimum Gasteiger partial charge on any atom is -0.491 e. The molecule has 0 saturated carbocycles. The molecule has 0 bridgehead atoms. The molecule has 0 fully saturated rings. The first kappa shape index (κ1) is 25.8. The summed E-state index contributed by atoms with van der Waals surface area (Å²) in [7, 11) is 5.48. The molecule has 34 heavy (non-hydrogen) atoms. The number of methoxy groups -OCH3 is 1. The molecule has 3 atom stereocenters. The SMILES string of the molecule is CO[C@@H]1CN(C)C(=O)c2cc(NC(=O)Nc3cccc(Cl)c3)ccc2OC[C@@H](C)N(C)C[C@H]1C. The number of nitrogens with one attached hydrogen (secondary N) is 2. The van der Waals surface area contributed by atoms with Gasteiger partial charge in [0.1, 0.15) is 12.4 Å². The number of amides is 3. The Hall–Kier alpha value is -2.81. The molecule has 8 nitrogen and oxygen atoms in total. The maximum atomic E-state index is 13.4. The lowest BCUT2D eigenvalue weighted by molar-refractivity contribution is 0.0150. The van der Waals surface area contributed by atoms with Gasteiger partial charge in [-0.15, -0.1) is 0 Å². The van der Waals surface area contributed by atoms with E-state index in [9.17, 15) is 9.59 Å². The van der Waals surface area contributed by atoms with Crippen LogP contribution in [-0.2, 0) is 4.74 Å². The molecular weight excluding hydrogens is 456 g/mol. The summed E-state index contributed by atoms with van der Waals surface area (Å²) in [6, 6.07) is 11.6. The normalized spacial score (nSPS) is 22.1. The summed E-state index contributed by atoms with van der Waals surface area (Å²) < 4.78 is 11.8. The lowest BCUT2D eigenvalue weighted by Gasteiger charge is -2.34. The number of halogens is 1. The number of carbonyl (C=O) groups is 2. The molecule has 0 aromatic heterocycles. The standard InChI is InChI=1S/C25H33ClN4O4/c1-16-13-29(3)17(2)15-34-22-10-9-20(12-21(22)24(31)30(4)14-23(16)33-5)28-25(32)27-19-8-6-7-18(26)11-19/h6-12,16-17,23H,13-15H2,1-5H3,(H2,27,28,32)/t16-,17-,23-/m1/s1. The number of urea groups is 1. The van der Waals surface area contributed by atoms with Gasteiger partial charge in [0.15, 0.2) is 0 Å². The first-order chi connectivity index (χ1) is 16.2. The van der Waals surface area contributed by atoms with Crippen molar-refractivity contribution in [2.75, 3.05) is 51.5 Å². The highest BCUT2D eigenvalue weighted by Gasteiger charge is 2.27. The third-order valence-corrected chi connectivity index (χ3v) is 6.33. The van der Waals surface area contributed by atoms with Crippen molar-refractivity contribution in [1.82, 2.24) is 9.80 Å². The first-order valence-electron chi connectivity index (χ1n) is 11.3. The van der Waals surface area contributed by atoms with Crippen LogP contribution >= 0.6 is 11.6 Å². The predicted molar refractivity (Wildman–Crippen MR) is 135 cm³/mol. The molecular formula is C25H33ClN4O4. The van der Waals surface area contributed by atoms with E-state index in [0.717, 1.165) is 6.54 Å². The number of hydrogen-bond donors (Lipinski definition) is 2. The average molecular weight is 489 g/mol. The van der Waals surface area contributed by atoms with Crippen LogP contribution in [0.3, 0.4) is 0 Å². The van der Waals surface area contributed by atoms with Gasteiger partial charge in [-0.2, -0.15) is 0 Å². The second-order valence-corrected chi connectivity index (χ2v) is 9.27. The summed E-state index contributed by atoms with van der Waals surface area (Å²) >= 11 is 5.98. The Kier molecular flexibility index (Phi) is 8.77. The molecule has 2 aromatic rings. The fourth-order valence-electron chi connectivity index (χ4n) is 3.90. The van der Waals surface area contributed by atoms with E-state index in [4.69, 9.17) is 21.1 Å².